The number of β-amino-alcohol motifs (C(OH)–C–C–N with tert-alkyl or cyclic N) is 1. The monoisotopic (exact) mass is 243 g/mol. The number of pyridine rings is 2. The molecule has 0 bridgehead atoms. The van der Waals surface area contributed by atoms with Crippen LogP contribution < -0.4 is 0 Å². The van der Waals surface area contributed by atoms with Gasteiger partial charge in [0.1, 0.15) is 0 Å². The standard InChI is InChI=1S/C14H17N3O/c1-10-14-12(2-4-15-10)6-11(7-16-14)8-17-5-3-13(18)9-17/h2,4,6-7,13,18H,3,5,8-9H2,1H3/t13-/m1/s1. The molecule has 1 N–H and O–H groups in total. The van der Waals surface area contributed by atoms with Crippen LogP contribution >= 0.6 is 0 Å². The van der Waals surface area contributed by atoms with E-state index >= 15 is 0 Å². The molecule has 4 heteroatoms. The first-order valence-corrected chi connectivity index (χ1v) is 6.33. The average molecular weight is 243 g/mol. The van der Waals surface area contributed by atoms with E-state index in [1.54, 1.807) is 0 Å². The lowest BCUT2D eigenvalue weighted by molar-refractivity contribution is 0.175. The van der Waals surface area contributed by atoms with Crippen molar-refractivity contribution in [3.05, 3.63) is 35.8 Å². The van der Waals surface area contributed by atoms with Gasteiger partial charge in [0.15, 0.2) is 0 Å². The number of likely N-dealkylation sites (tertiary alicyclic amines) is 1. The number of hydrogen-bond acceptors (Lipinski definition) is 4. The number of aryl methyl sites for hydroxylation is 1. The maximum atomic E-state index is 9.52. The number of aliphatic hydroxyl groups excluding tert-OH is 1. The molecule has 0 aromatic carbocycles. The fourth-order valence-electron chi connectivity index (χ4n) is 2.55. The Morgan fingerprint density at radius 2 is 2.33 bits per heavy atom. The Morgan fingerprint density at radius 1 is 1.44 bits per heavy atom. The SMILES string of the molecule is Cc1nccc2cc(CN3CC[C@@H](O)C3)cnc12. The summed E-state index contributed by atoms with van der Waals surface area (Å²) < 4.78 is 0. The Morgan fingerprint density at radius 3 is 3.11 bits per heavy atom. The minimum absolute atomic E-state index is 0.162. The van der Waals surface area contributed by atoms with Crippen LogP contribution in [0.1, 0.15) is 17.7 Å². The summed E-state index contributed by atoms with van der Waals surface area (Å²) in [5.74, 6) is 0. The van der Waals surface area contributed by atoms with Crippen LogP contribution in [-0.4, -0.2) is 39.2 Å². The van der Waals surface area contributed by atoms with Gasteiger partial charge in [0.2, 0.25) is 0 Å². The van der Waals surface area contributed by atoms with Crippen LogP contribution in [0.25, 0.3) is 10.9 Å². The summed E-state index contributed by atoms with van der Waals surface area (Å²) in [6, 6.07) is 4.17. The number of hydrogen-bond donors (Lipinski definition) is 1. The van der Waals surface area contributed by atoms with Gasteiger partial charge in [-0.3, -0.25) is 14.9 Å². The molecule has 2 aromatic rings. The van der Waals surface area contributed by atoms with E-state index in [0.717, 1.165) is 42.7 Å². The molecule has 0 unspecified atom stereocenters. The quantitative estimate of drug-likeness (QED) is 0.868. The second kappa shape index (κ2) is 4.63. The van der Waals surface area contributed by atoms with Gasteiger partial charge in [-0.1, -0.05) is 0 Å². The molecule has 0 spiro atoms. The lowest BCUT2D eigenvalue weighted by Crippen LogP contribution is -2.21. The van der Waals surface area contributed by atoms with Crippen molar-refractivity contribution >= 4 is 10.9 Å². The molecule has 1 atom stereocenters. The van der Waals surface area contributed by atoms with Gasteiger partial charge in [-0.25, -0.2) is 0 Å². The fraction of sp³-hybridized carbons (Fsp3) is 0.429. The number of rotatable bonds is 2. The number of aliphatic hydroxyl groups is 1. The van der Waals surface area contributed by atoms with Crippen molar-refractivity contribution < 1.29 is 5.11 Å². The zero-order valence-corrected chi connectivity index (χ0v) is 10.5. The molecule has 3 heterocycles. The maximum Gasteiger partial charge on any atom is 0.0914 e. The van der Waals surface area contributed by atoms with E-state index in [9.17, 15) is 5.11 Å². The highest BCUT2D eigenvalue weighted by atomic mass is 16.3. The second-order valence-electron chi connectivity index (χ2n) is 4.99. The highest BCUT2D eigenvalue weighted by molar-refractivity contribution is 5.80. The smallest absolute Gasteiger partial charge is 0.0914 e. The maximum absolute atomic E-state index is 9.52. The molecule has 2 aromatic heterocycles. The summed E-state index contributed by atoms with van der Waals surface area (Å²) in [5, 5.41) is 10.7. The topological polar surface area (TPSA) is 49.2 Å². The Labute approximate surface area is 106 Å². The Kier molecular flexibility index (Phi) is 2.97. The molecule has 0 radical (unpaired) electrons. The third-order valence-electron chi connectivity index (χ3n) is 3.49. The Hall–Kier alpha value is -1.52. The first-order valence-electron chi connectivity index (χ1n) is 6.33. The van der Waals surface area contributed by atoms with Gasteiger partial charge in [0.05, 0.1) is 17.3 Å². The molecule has 1 aliphatic rings. The fourth-order valence-corrected chi connectivity index (χ4v) is 2.55. The summed E-state index contributed by atoms with van der Waals surface area (Å²) in [7, 11) is 0. The molecule has 0 amide bonds. The van der Waals surface area contributed by atoms with Gasteiger partial charge < -0.3 is 5.11 Å². The summed E-state index contributed by atoms with van der Waals surface area (Å²) in [4.78, 5) is 11.0. The zero-order valence-electron chi connectivity index (χ0n) is 10.5. The van der Waals surface area contributed by atoms with E-state index in [0.29, 0.717) is 0 Å². The van der Waals surface area contributed by atoms with Gasteiger partial charge in [-0.05, 0) is 31.0 Å². The van der Waals surface area contributed by atoms with E-state index in [4.69, 9.17) is 0 Å². The van der Waals surface area contributed by atoms with Gasteiger partial charge in [-0.2, -0.15) is 0 Å². The predicted octanol–water partition coefficient (Wildman–Crippen LogP) is 1.50. The number of nitrogens with zero attached hydrogens (tertiary/aromatic N) is 3. The first kappa shape index (κ1) is 11.6. The Bertz CT molecular complexity index is 570. The van der Waals surface area contributed by atoms with Crippen LogP contribution in [0.2, 0.25) is 0 Å². The van der Waals surface area contributed by atoms with Crippen molar-refractivity contribution in [2.75, 3.05) is 13.1 Å². The summed E-state index contributed by atoms with van der Waals surface area (Å²) in [5.41, 5.74) is 3.14. The predicted molar refractivity (Wildman–Crippen MR) is 70.2 cm³/mol. The molecule has 1 saturated heterocycles. The number of fused-ring (bicyclic) bond motifs is 1. The Balaban J connectivity index is 1.85. The summed E-state index contributed by atoms with van der Waals surface area (Å²) in [6.45, 7) is 4.58. The third kappa shape index (κ3) is 2.21. The van der Waals surface area contributed by atoms with Gasteiger partial charge in [0, 0.05) is 37.4 Å². The molecule has 18 heavy (non-hydrogen) atoms. The van der Waals surface area contributed by atoms with Gasteiger partial charge >= 0.3 is 0 Å². The zero-order chi connectivity index (χ0) is 12.5. The van der Waals surface area contributed by atoms with Crippen LogP contribution in [0.15, 0.2) is 24.5 Å². The van der Waals surface area contributed by atoms with Crippen molar-refractivity contribution in [3.63, 3.8) is 0 Å². The minimum atomic E-state index is -0.162. The largest absolute Gasteiger partial charge is 0.392 e. The van der Waals surface area contributed by atoms with Crippen LogP contribution in [0.4, 0.5) is 0 Å². The van der Waals surface area contributed by atoms with Crippen molar-refractivity contribution in [1.29, 1.82) is 0 Å². The molecule has 0 saturated carbocycles. The van der Waals surface area contributed by atoms with E-state index in [-0.39, 0.29) is 6.10 Å². The van der Waals surface area contributed by atoms with Crippen LogP contribution in [-0.2, 0) is 6.54 Å². The lowest BCUT2D eigenvalue weighted by atomic mass is 10.1. The first-order chi connectivity index (χ1) is 8.72. The van der Waals surface area contributed by atoms with E-state index < -0.39 is 0 Å². The van der Waals surface area contributed by atoms with E-state index in [1.165, 1.54) is 5.56 Å². The van der Waals surface area contributed by atoms with Crippen molar-refractivity contribution in [1.82, 2.24) is 14.9 Å². The molecule has 94 valence electrons. The van der Waals surface area contributed by atoms with Crippen LogP contribution in [0.3, 0.4) is 0 Å². The summed E-state index contributed by atoms with van der Waals surface area (Å²) in [6.07, 6.45) is 4.46. The molecule has 3 rings (SSSR count). The normalized spacial score (nSPS) is 20.7. The third-order valence-corrected chi connectivity index (χ3v) is 3.49. The molecule has 1 aliphatic heterocycles. The van der Waals surface area contributed by atoms with Crippen molar-refractivity contribution in [3.8, 4) is 0 Å². The second-order valence-corrected chi connectivity index (χ2v) is 4.99. The molecular weight excluding hydrogens is 226 g/mol. The molecular formula is C14H17N3O. The van der Waals surface area contributed by atoms with Gasteiger partial charge in [-0.15, -0.1) is 0 Å². The van der Waals surface area contributed by atoms with Crippen LogP contribution in [0, 0.1) is 6.92 Å². The molecule has 0 aliphatic carbocycles. The highest BCUT2D eigenvalue weighted by Crippen LogP contribution is 2.18. The highest BCUT2D eigenvalue weighted by Gasteiger charge is 2.20. The van der Waals surface area contributed by atoms with Crippen molar-refractivity contribution in [2.24, 2.45) is 0 Å². The van der Waals surface area contributed by atoms with Crippen molar-refractivity contribution in [2.45, 2.75) is 26.0 Å². The van der Waals surface area contributed by atoms with E-state index in [1.807, 2.05) is 25.4 Å². The molecule has 4 nitrogen and oxygen atoms in total. The minimum Gasteiger partial charge on any atom is -0.392 e. The van der Waals surface area contributed by atoms with E-state index in [2.05, 4.69) is 20.9 Å². The van der Waals surface area contributed by atoms with Gasteiger partial charge in [0.25, 0.3) is 0 Å². The van der Waals surface area contributed by atoms with Crippen LogP contribution in [0.5, 0.6) is 0 Å². The number of aromatic nitrogens is 2. The summed E-state index contributed by atoms with van der Waals surface area (Å²) >= 11 is 0. The molecule has 1 fully saturated rings. The lowest BCUT2D eigenvalue weighted by Gasteiger charge is -2.15. The average Bonchev–Trinajstić information content (AvgIpc) is 2.75.